The van der Waals surface area contributed by atoms with Crippen molar-refractivity contribution in [2.45, 2.75) is 44.8 Å². The van der Waals surface area contributed by atoms with Crippen LogP contribution in [0.4, 0.5) is 0 Å². The van der Waals surface area contributed by atoms with Gasteiger partial charge in [0.1, 0.15) is 11.9 Å². The van der Waals surface area contributed by atoms with Gasteiger partial charge in [0.05, 0.1) is 25.3 Å². The Morgan fingerprint density at radius 2 is 2.19 bits per heavy atom. The quantitative estimate of drug-likeness (QED) is 0.788. The standard InChI is InChI=1S/C22H24N2O3/c1-15(16-5-3-2-4-6-16)9-19(25)11-18-10-17-12-24-22(21(17)13-23-18)27-20-7-8-26-14-20/h2-6,10,13,15,20H,7-9,11-12,14H2,1H3/t15-,20?/m0/s1. The maximum atomic E-state index is 12.5. The highest BCUT2D eigenvalue weighted by molar-refractivity contribution is 5.97. The molecule has 140 valence electrons. The van der Waals surface area contributed by atoms with Crippen LogP contribution in [0.15, 0.2) is 47.6 Å². The molecule has 0 N–H and O–H groups in total. The molecule has 1 unspecified atom stereocenters. The van der Waals surface area contributed by atoms with Crippen molar-refractivity contribution in [2.24, 2.45) is 4.99 Å². The zero-order valence-electron chi connectivity index (χ0n) is 15.6. The summed E-state index contributed by atoms with van der Waals surface area (Å²) < 4.78 is 11.3. The Kier molecular flexibility index (Phi) is 5.30. The second kappa shape index (κ2) is 8.01. The number of aromatic nitrogens is 1. The number of ether oxygens (including phenoxy) is 2. The van der Waals surface area contributed by atoms with Crippen molar-refractivity contribution in [3.8, 4) is 0 Å². The molecule has 1 aromatic carbocycles. The molecule has 0 radical (unpaired) electrons. The Labute approximate surface area is 159 Å². The van der Waals surface area contributed by atoms with Crippen LogP contribution in [0, 0.1) is 0 Å². The number of pyridine rings is 1. The van der Waals surface area contributed by atoms with Gasteiger partial charge in [0.15, 0.2) is 0 Å². The Hall–Kier alpha value is -2.53. The fraction of sp³-hybridized carbons (Fsp3) is 0.409. The number of hydrogen-bond acceptors (Lipinski definition) is 5. The van der Waals surface area contributed by atoms with Crippen LogP contribution in [0.25, 0.3) is 0 Å². The summed E-state index contributed by atoms with van der Waals surface area (Å²) in [5.41, 5.74) is 4.02. The molecule has 1 saturated heterocycles. The minimum Gasteiger partial charge on any atom is -0.472 e. The number of fused-ring (bicyclic) bond motifs is 1. The zero-order valence-corrected chi connectivity index (χ0v) is 15.6. The van der Waals surface area contributed by atoms with E-state index in [9.17, 15) is 4.79 Å². The molecule has 0 spiro atoms. The minimum absolute atomic E-state index is 0.0791. The molecule has 0 saturated carbocycles. The third-order valence-electron chi connectivity index (χ3n) is 5.12. The molecule has 5 nitrogen and oxygen atoms in total. The molecule has 0 bridgehead atoms. The highest BCUT2D eigenvalue weighted by atomic mass is 16.5. The van der Waals surface area contributed by atoms with Crippen molar-refractivity contribution in [3.05, 3.63) is 65.0 Å². The third kappa shape index (κ3) is 4.25. The number of nitrogens with zero attached hydrogens (tertiary/aromatic N) is 2. The average Bonchev–Trinajstić information content (AvgIpc) is 3.33. The van der Waals surface area contributed by atoms with E-state index in [4.69, 9.17) is 9.47 Å². The Bertz CT molecular complexity index is 842. The molecule has 27 heavy (non-hydrogen) atoms. The van der Waals surface area contributed by atoms with E-state index in [1.165, 1.54) is 5.56 Å². The summed E-state index contributed by atoms with van der Waals surface area (Å²) in [7, 11) is 0. The lowest BCUT2D eigenvalue weighted by Gasteiger charge is -2.13. The van der Waals surface area contributed by atoms with Gasteiger partial charge in [-0.1, -0.05) is 37.3 Å². The first-order valence-corrected chi connectivity index (χ1v) is 9.52. The minimum atomic E-state index is 0.0791. The Balaban J connectivity index is 1.36. The smallest absolute Gasteiger partial charge is 0.218 e. The summed E-state index contributed by atoms with van der Waals surface area (Å²) in [6.45, 7) is 4.04. The van der Waals surface area contributed by atoms with Crippen molar-refractivity contribution in [3.63, 3.8) is 0 Å². The number of hydrogen-bond donors (Lipinski definition) is 0. The number of carbonyl (C=O) groups is 1. The molecule has 4 rings (SSSR count). The average molecular weight is 364 g/mol. The van der Waals surface area contributed by atoms with Crippen LogP contribution < -0.4 is 0 Å². The number of ketones is 1. The summed E-state index contributed by atoms with van der Waals surface area (Å²) >= 11 is 0. The van der Waals surface area contributed by atoms with E-state index in [1.807, 2.05) is 24.3 Å². The third-order valence-corrected chi connectivity index (χ3v) is 5.12. The predicted molar refractivity (Wildman–Crippen MR) is 103 cm³/mol. The van der Waals surface area contributed by atoms with Crippen molar-refractivity contribution >= 4 is 11.7 Å². The summed E-state index contributed by atoms with van der Waals surface area (Å²) in [6, 6.07) is 12.1. The van der Waals surface area contributed by atoms with Gasteiger partial charge in [-0.25, -0.2) is 4.99 Å². The number of aliphatic imine (C=N–C) groups is 1. The highest BCUT2D eigenvalue weighted by Gasteiger charge is 2.24. The first-order chi connectivity index (χ1) is 13.2. The van der Waals surface area contributed by atoms with Gasteiger partial charge in [-0.2, -0.15) is 0 Å². The van der Waals surface area contributed by atoms with Gasteiger partial charge in [-0.05, 0) is 23.1 Å². The lowest BCUT2D eigenvalue weighted by molar-refractivity contribution is -0.118. The van der Waals surface area contributed by atoms with Crippen molar-refractivity contribution < 1.29 is 14.3 Å². The van der Waals surface area contributed by atoms with Gasteiger partial charge in [-0.15, -0.1) is 0 Å². The fourth-order valence-electron chi connectivity index (χ4n) is 3.59. The lowest BCUT2D eigenvalue weighted by Crippen LogP contribution is -2.18. The zero-order chi connectivity index (χ0) is 18.6. The van der Waals surface area contributed by atoms with E-state index in [0.717, 1.165) is 29.8 Å². The van der Waals surface area contributed by atoms with Crippen molar-refractivity contribution in [2.75, 3.05) is 13.2 Å². The predicted octanol–water partition coefficient (Wildman–Crippen LogP) is 3.45. The van der Waals surface area contributed by atoms with Crippen LogP contribution in [0.3, 0.4) is 0 Å². The van der Waals surface area contributed by atoms with Gasteiger partial charge in [0.25, 0.3) is 0 Å². The molecule has 2 atom stereocenters. The first kappa shape index (κ1) is 17.9. The van der Waals surface area contributed by atoms with Crippen LogP contribution >= 0.6 is 0 Å². The molecule has 0 aliphatic carbocycles. The highest BCUT2D eigenvalue weighted by Crippen LogP contribution is 2.23. The van der Waals surface area contributed by atoms with E-state index in [2.05, 4.69) is 29.0 Å². The second-order valence-electron chi connectivity index (χ2n) is 7.29. The normalized spacial score (nSPS) is 19.4. The van der Waals surface area contributed by atoms with Crippen LogP contribution in [-0.4, -0.2) is 36.0 Å². The topological polar surface area (TPSA) is 60.8 Å². The Morgan fingerprint density at radius 3 is 2.96 bits per heavy atom. The molecule has 5 heteroatoms. The largest absolute Gasteiger partial charge is 0.472 e. The first-order valence-electron chi connectivity index (χ1n) is 9.52. The number of benzene rings is 1. The maximum absolute atomic E-state index is 12.5. The van der Waals surface area contributed by atoms with Gasteiger partial charge in [0.2, 0.25) is 5.90 Å². The van der Waals surface area contributed by atoms with E-state index in [0.29, 0.717) is 31.9 Å². The van der Waals surface area contributed by atoms with Crippen LogP contribution in [0.5, 0.6) is 0 Å². The van der Waals surface area contributed by atoms with E-state index in [1.54, 1.807) is 6.20 Å². The molecule has 3 heterocycles. The number of carbonyl (C=O) groups excluding carboxylic acids is 1. The van der Waals surface area contributed by atoms with Crippen molar-refractivity contribution in [1.29, 1.82) is 0 Å². The summed E-state index contributed by atoms with van der Waals surface area (Å²) in [5.74, 6) is 1.07. The molecule has 1 fully saturated rings. The van der Waals surface area contributed by atoms with Crippen LogP contribution in [0.1, 0.15) is 48.1 Å². The molecule has 2 aliphatic rings. The molecule has 0 amide bonds. The van der Waals surface area contributed by atoms with Crippen molar-refractivity contribution in [1.82, 2.24) is 4.98 Å². The van der Waals surface area contributed by atoms with Gasteiger partial charge >= 0.3 is 0 Å². The van der Waals surface area contributed by atoms with Crippen LogP contribution in [0.2, 0.25) is 0 Å². The molecule has 2 aliphatic heterocycles. The van der Waals surface area contributed by atoms with Gasteiger partial charge in [-0.3, -0.25) is 9.78 Å². The summed E-state index contributed by atoms with van der Waals surface area (Å²) in [4.78, 5) is 21.5. The van der Waals surface area contributed by atoms with E-state index in [-0.39, 0.29) is 17.8 Å². The monoisotopic (exact) mass is 364 g/mol. The molecule has 1 aromatic heterocycles. The van der Waals surface area contributed by atoms with Gasteiger partial charge < -0.3 is 9.47 Å². The lowest BCUT2D eigenvalue weighted by atomic mass is 9.94. The van der Waals surface area contributed by atoms with E-state index < -0.39 is 0 Å². The molecular formula is C22H24N2O3. The number of Topliss-reactive ketones (excluding diaryl/α,β-unsaturated/α-hetero) is 1. The maximum Gasteiger partial charge on any atom is 0.218 e. The van der Waals surface area contributed by atoms with Crippen LogP contribution in [-0.2, 0) is 27.2 Å². The Morgan fingerprint density at radius 1 is 1.33 bits per heavy atom. The van der Waals surface area contributed by atoms with E-state index >= 15 is 0 Å². The number of rotatable bonds is 6. The molecular weight excluding hydrogens is 340 g/mol. The summed E-state index contributed by atoms with van der Waals surface area (Å²) in [5, 5.41) is 0. The second-order valence-corrected chi connectivity index (χ2v) is 7.29. The molecule has 2 aromatic rings. The summed E-state index contributed by atoms with van der Waals surface area (Å²) in [6.07, 6.45) is 3.65. The van der Waals surface area contributed by atoms with Gasteiger partial charge in [0, 0.05) is 31.2 Å². The SMILES string of the molecule is C[C@@H](CC(=O)Cc1cc2c(cn1)C(OC1CCOC1)=NC2)c1ccccc1. The fourth-order valence-corrected chi connectivity index (χ4v) is 3.59.